The summed E-state index contributed by atoms with van der Waals surface area (Å²) >= 11 is 0. The molecule has 3 N–H and O–H groups in total. The van der Waals surface area contributed by atoms with Crippen LogP contribution < -0.4 is 11.1 Å². The van der Waals surface area contributed by atoms with E-state index in [2.05, 4.69) is 5.32 Å². The highest BCUT2D eigenvalue weighted by atomic mass is 16.1. The molecule has 0 saturated carbocycles. The molecule has 0 radical (unpaired) electrons. The van der Waals surface area contributed by atoms with Crippen LogP contribution in [0.25, 0.3) is 0 Å². The minimum atomic E-state index is 0.0264. The van der Waals surface area contributed by atoms with Crippen molar-refractivity contribution in [3.63, 3.8) is 0 Å². The van der Waals surface area contributed by atoms with Crippen molar-refractivity contribution in [2.24, 2.45) is 11.7 Å². The Kier molecular flexibility index (Phi) is 4.31. The monoisotopic (exact) mass is 206 g/mol. The number of nitrogens with two attached hydrogens (primary N) is 1. The second kappa shape index (κ2) is 5.51. The molecule has 15 heavy (non-hydrogen) atoms. The molecule has 82 valence electrons. The highest BCUT2D eigenvalue weighted by Crippen LogP contribution is 2.10. The maximum absolute atomic E-state index is 11.5. The van der Waals surface area contributed by atoms with Gasteiger partial charge in [-0.25, -0.2) is 0 Å². The zero-order valence-corrected chi connectivity index (χ0v) is 9.29. The van der Waals surface area contributed by atoms with E-state index in [1.54, 1.807) is 0 Å². The Morgan fingerprint density at radius 3 is 2.87 bits per heavy atom. The maximum atomic E-state index is 11.5. The number of hydrogen-bond acceptors (Lipinski definition) is 2. The van der Waals surface area contributed by atoms with Crippen LogP contribution in [-0.4, -0.2) is 12.5 Å². The first-order valence-electron chi connectivity index (χ1n) is 5.18. The van der Waals surface area contributed by atoms with E-state index in [0.717, 1.165) is 11.3 Å². The molecule has 3 nitrogen and oxygen atoms in total. The summed E-state index contributed by atoms with van der Waals surface area (Å²) < 4.78 is 0. The molecule has 1 aromatic carbocycles. The molecule has 1 rings (SSSR count). The predicted octanol–water partition coefficient (Wildman–Crippen LogP) is 1.92. The van der Waals surface area contributed by atoms with Crippen LogP contribution in [-0.2, 0) is 4.79 Å². The van der Waals surface area contributed by atoms with Gasteiger partial charge in [-0.1, -0.05) is 19.1 Å². The second-order valence-electron chi connectivity index (χ2n) is 3.96. The van der Waals surface area contributed by atoms with E-state index in [-0.39, 0.29) is 11.8 Å². The molecule has 0 aromatic heterocycles. The summed E-state index contributed by atoms with van der Waals surface area (Å²) in [6.45, 7) is 4.51. The van der Waals surface area contributed by atoms with E-state index in [9.17, 15) is 4.79 Å². The normalized spacial score (nSPS) is 12.2. The molecule has 0 spiro atoms. The lowest BCUT2D eigenvalue weighted by Gasteiger charge is -2.09. The third-order valence-electron chi connectivity index (χ3n) is 2.24. The van der Waals surface area contributed by atoms with Gasteiger partial charge < -0.3 is 11.1 Å². The van der Waals surface area contributed by atoms with E-state index < -0.39 is 0 Å². The van der Waals surface area contributed by atoms with Gasteiger partial charge in [0, 0.05) is 12.1 Å². The number of hydrogen-bond donors (Lipinski definition) is 2. The molecule has 0 aliphatic carbocycles. The average molecular weight is 206 g/mol. The van der Waals surface area contributed by atoms with Gasteiger partial charge in [0.15, 0.2) is 0 Å². The summed E-state index contributed by atoms with van der Waals surface area (Å²) in [4.78, 5) is 11.5. The fourth-order valence-corrected chi connectivity index (χ4v) is 1.33. The fourth-order valence-electron chi connectivity index (χ4n) is 1.33. The molecule has 1 atom stereocenters. The number of anilines is 1. The Labute approximate surface area is 90.7 Å². The molecular weight excluding hydrogens is 188 g/mol. The molecule has 0 bridgehead atoms. The number of carbonyl (C=O) groups is 1. The molecule has 3 heteroatoms. The summed E-state index contributed by atoms with van der Waals surface area (Å²) in [6, 6.07) is 7.76. The third-order valence-corrected chi connectivity index (χ3v) is 2.24. The first-order chi connectivity index (χ1) is 7.11. The van der Waals surface area contributed by atoms with Crippen molar-refractivity contribution in [1.82, 2.24) is 0 Å². The van der Waals surface area contributed by atoms with Crippen molar-refractivity contribution in [2.45, 2.75) is 20.3 Å². The van der Waals surface area contributed by atoms with Crippen LogP contribution in [0.4, 0.5) is 5.69 Å². The summed E-state index contributed by atoms with van der Waals surface area (Å²) in [5, 5.41) is 2.85. The van der Waals surface area contributed by atoms with Crippen LogP contribution in [0.5, 0.6) is 0 Å². The van der Waals surface area contributed by atoms with Gasteiger partial charge in [-0.05, 0) is 37.1 Å². The van der Waals surface area contributed by atoms with E-state index in [0.29, 0.717) is 13.0 Å². The Bertz CT molecular complexity index is 336. The van der Waals surface area contributed by atoms with Gasteiger partial charge in [-0.3, -0.25) is 4.79 Å². The van der Waals surface area contributed by atoms with E-state index in [4.69, 9.17) is 5.73 Å². The zero-order chi connectivity index (χ0) is 11.3. The first kappa shape index (κ1) is 11.7. The number of carbonyl (C=O) groups excluding carboxylic acids is 1. The number of rotatable bonds is 4. The largest absolute Gasteiger partial charge is 0.330 e. The standard InChI is InChI=1S/C12H18N2O/c1-9-4-3-5-11(6-9)14-12(15)7-10(2)8-13/h3-6,10H,7-8,13H2,1-2H3,(H,14,15). The molecule has 0 saturated heterocycles. The van der Waals surface area contributed by atoms with Gasteiger partial charge >= 0.3 is 0 Å². The van der Waals surface area contributed by atoms with E-state index in [1.165, 1.54) is 0 Å². The number of aryl methyl sites for hydroxylation is 1. The molecule has 0 aliphatic heterocycles. The van der Waals surface area contributed by atoms with Gasteiger partial charge in [0.2, 0.25) is 5.91 Å². The lowest BCUT2D eigenvalue weighted by Crippen LogP contribution is -2.20. The van der Waals surface area contributed by atoms with E-state index in [1.807, 2.05) is 38.1 Å². The van der Waals surface area contributed by atoms with Crippen LogP contribution in [0.2, 0.25) is 0 Å². The Hall–Kier alpha value is -1.35. The van der Waals surface area contributed by atoms with Crippen LogP contribution in [0.15, 0.2) is 24.3 Å². The summed E-state index contributed by atoms with van der Waals surface area (Å²) in [6.07, 6.45) is 0.477. The topological polar surface area (TPSA) is 55.1 Å². The number of nitrogens with one attached hydrogen (secondary N) is 1. The average Bonchev–Trinajstić information content (AvgIpc) is 2.17. The lowest BCUT2D eigenvalue weighted by molar-refractivity contribution is -0.116. The van der Waals surface area contributed by atoms with Crippen LogP contribution in [0, 0.1) is 12.8 Å². The van der Waals surface area contributed by atoms with Crippen molar-refractivity contribution >= 4 is 11.6 Å². The predicted molar refractivity (Wildman–Crippen MR) is 62.6 cm³/mol. The zero-order valence-electron chi connectivity index (χ0n) is 9.29. The van der Waals surface area contributed by atoms with E-state index >= 15 is 0 Å². The highest BCUT2D eigenvalue weighted by Gasteiger charge is 2.07. The van der Waals surface area contributed by atoms with Gasteiger partial charge in [0.1, 0.15) is 0 Å². The fraction of sp³-hybridized carbons (Fsp3) is 0.417. The smallest absolute Gasteiger partial charge is 0.224 e. The Morgan fingerprint density at radius 1 is 1.53 bits per heavy atom. The van der Waals surface area contributed by atoms with Crippen molar-refractivity contribution in [3.05, 3.63) is 29.8 Å². The lowest BCUT2D eigenvalue weighted by atomic mass is 10.1. The SMILES string of the molecule is Cc1cccc(NC(=O)CC(C)CN)c1. The minimum absolute atomic E-state index is 0.0264. The van der Waals surface area contributed by atoms with Crippen molar-refractivity contribution < 1.29 is 4.79 Å². The molecule has 1 unspecified atom stereocenters. The van der Waals surface area contributed by atoms with Gasteiger partial charge in [0.05, 0.1) is 0 Å². The third kappa shape index (κ3) is 4.13. The van der Waals surface area contributed by atoms with Gasteiger partial charge in [-0.2, -0.15) is 0 Å². The number of benzene rings is 1. The van der Waals surface area contributed by atoms with Gasteiger partial charge in [0.25, 0.3) is 0 Å². The molecule has 0 fully saturated rings. The van der Waals surface area contributed by atoms with Crippen LogP contribution in [0.3, 0.4) is 0 Å². The number of amides is 1. The Balaban J connectivity index is 2.51. The van der Waals surface area contributed by atoms with Crippen molar-refractivity contribution in [3.8, 4) is 0 Å². The maximum Gasteiger partial charge on any atom is 0.224 e. The summed E-state index contributed by atoms with van der Waals surface area (Å²) in [5.74, 6) is 0.258. The second-order valence-corrected chi connectivity index (χ2v) is 3.96. The van der Waals surface area contributed by atoms with Crippen molar-refractivity contribution in [2.75, 3.05) is 11.9 Å². The first-order valence-corrected chi connectivity index (χ1v) is 5.18. The molecular formula is C12H18N2O. The van der Waals surface area contributed by atoms with Gasteiger partial charge in [-0.15, -0.1) is 0 Å². The summed E-state index contributed by atoms with van der Waals surface area (Å²) in [7, 11) is 0. The summed E-state index contributed by atoms with van der Waals surface area (Å²) in [5.41, 5.74) is 7.45. The molecule has 1 amide bonds. The van der Waals surface area contributed by atoms with Crippen LogP contribution >= 0.6 is 0 Å². The van der Waals surface area contributed by atoms with Crippen LogP contribution in [0.1, 0.15) is 18.9 Å². The molecule has 0 aliphatic rings. The molecule has 1 aromatic rings. The minimum Gasteiger partial charge on any atom is -0.330 e. The molecule has 0 heterocycles. The Morgan fingerprint density at radius 2 is 2.27 bits per heavy atom. The van der Waals surface area contributed by atoms with Crippen molar-refractivity contribution in [1.29, 1.82) is 0 Å². The quantitative estimate of drug-likeness (QED) is 0.790. The highest BCUT2D eigenvalue weighted by molar-refractivity contribution is 5.90.